The molecule has 0 aromatic heterocycles. The Bertz CT molecular complexity index is 1870. The largest absolute Gasteiger partial charge is 0.460 e. The molecule has 1 aliphatic carbocycles. The smallest absolute Gasteiger partial charge is 0.329 e. The third-order valence-electron chi connectivity index (χ3n) is 14.8. The van der Waals surface area contributed by atoms with Crippen LogP contribution in [-0.4, -0.2) is 132 Å². The second-order valence-electron chi connectivity index (χ2n) is 20.2. The van der Waals surface area contributed by atoms with Crippen molar-refractivity contribution in [2.75, 3.05) is 27.8 Å². The van der Waals surface area contributed by atoms with Crippen LogP contribution in [0.15, 0.2) is 52.7 Å². The van der Waals surface area contributed by atoms with Gasteiger partial charge in [0.2, 0.25) is 5.79 Å². The number of ketones is 3. The molecule has 4 aliphatic rings. The SMILES string of the molecule is CN/N=C\N(N)[C@@H]1CC[C@@H](C[C@@H](C)[C@@H]2CC(=O)[C@H](C)/C=C(\C)[C@@H](O)[C@@H](OC)C(=O)[C@@H](C)C[C@H](C)/C=C/C=C/C=C(\C)CC[C@@H]3CC[C@@H](C)[C@@](O)(O3)C(=O)C(=O)N3CCCCC3C(=O)O2)C[C@H]1OC. The Morgan fingerprint density at radius 1 is 0.985 bits per heavy atom. The number of nitrogens with one attached hydrogen (secondary N) is 1. The summed E-state index contributed by atoms with van der Waals surface area (Å²) in [6.07, 6.45) is 15.6. The molecule has 2 saturated heterocycles. The molecule has 3 aliphatic heterocycles. The second-order valence-corrected chi connectivity index (χ2v) is 20.2. The minimum absolute atomic E-state index is 0.0454. The standard InChI is InChI=1S/C52H83N5O11/c1-32-16-12-11-13-17-33(2)26-36(5)46(59)48(66-10)47(60)37(6)27-34(3)43(58)30-44(35(4)28-39-21-24-41(45(29-39)65-9)57(53)31-55-54-8)67-51(63)42-18-14-15-25-56(42)50(62)49(61)52(64)38(7)20-23-40(68-52)22-19-32/h11-13,16-17,27,31,33-36,38-42,44-45,47-48,54,60,64H,14-15,18-26,28-30,53H2,1-10H3/b12-11+,17-13+,32-16+,37-27+,55-31-/t33-,34-,35-,36+,38-,39+,40-,41-,42?,44+,45-,47-,48+,52-/m1/s1. The van der Waals surface area contributed by atoms with Gasteiger partial charge in [0.05, 0.1) is 18.2 Å². The molecule has 14 atom stereocenters. The summed E-state index contributed by atoms with van der Waals surface area (Å²) in [7, 11) is 4.72. The number of aliphatic hydroxyl groups excluding tert-OH is 1. The van der Waals surface area contributed by atoms with Gasteiger partial charge in [0, 0.05) is 52.0 Å². The van der Waals surface area contributed by atoms with Crippen LogP contribution in [0.3, 0.4) is 0 Å². The van der Waals surface area contributed by atoms with Gasteiger partial charge in [-0.25, -0.2) is 10.6 Å². The average molecular weight is 954 g/mol. The molecule has 2 bridgehead atoms. The van der Waals surface area contributed by atoms with E-state index in [0.717, 1.165) is 12.0 Å². The number of methoxy groups -OCH3 is 2. The fraction of sp³-hybridized carbons (Fsp3) is 0.731. The molecule has 0 spiro atoms. The highest BCUT2D eigenvalue weighted by molar-refractivity contribution is 6.39. The summed E-state index contributed by atoms with van der Waals surface area (Å²) in [4.78, 5) is 72.0. The second kappa shape index (κ2) is 26.8. The molecule has 4 rings (SSSR count). The number of Topliss-reactive ketones (excluding diaryl/α,β-unsaturated/α-hetero) is 3. The first-order valence-corrected chi connectivity index (χ1v) is 24.9. The van der Waals surface area contributed by atoms with Crippen molar-refractivity contribution in [2.45, 2.75) is 180 Å². The van der Waals surface area contributed by atoms with E-state index in [2.05, 4.69) is 10.5 Å². The quantitative estimate of drug-likeness (QED) is 0.0424. The number of hydrogen-bond donors (Lipinski definition) is 4. The number of cyclic esters (lactones) is 1. The number of rotatable bonds is 8. The lowest BCUT2D eigenvalue weighted by Gasteiger charge is -2.42. The fourth-order valence-corrected chi connectivity index (χ4v) is 10.4. The van der Waals surface area contributed by atoms with Crippen LogP contribution in [0.2, 0.25) is 0 Å². The van der Waals surface area contributed by atoms with Crippen LogP contribution >= 0.6 is 0 Å². The van der Waals surface area contributed by atoms with E-state index in [1.54, 1.807) is 46.0 Å². The molecule has 5 N–H and O–H groups in total. The van der Waals surface area contributed by atoms with Crippen LogP contribution in [0.25, 0.3) is 0 Å². The monoisotopic (exact) mass is 954 g/mol. The maximum absolute atomic E-state index is 14.5. The van der Waals surface area contributed by atoms with Crippen molar-refractivity contribution < 1.29 is 53.1 Å². The highest BCUT2D eigenvalue weighted by atomic mass is 16.6. The summed E-state index contributed by atoms with van der Waals surface area (Å²) in [6.45, 7) is 12.9. The van der Waals surface area contributed by atoms with Gasteiger partial charge in [-0.3, -0.25) is 24.2 Å². The molecule has 16 heteroatoms. The summed E-state index contributed by atoms with van der Waals surface area (Å²) in [5.41, 5.74) is 4.17. The zero-order valence-corrected chi connectivity index (χ0v) is 42.4. The Balaban J connectivity index is 1.67. The lowest BCUT2D eigenvalue weighted by atomic mass is 9.77. The number of aliphatic hydroxyl groups is 2. The van der Waals surface area contributed by atoms with E-state index in [4.69, 9.17) is 24.8 Å². The Kier molecular flexibility index (Phi) is 22.3. The molecule has 1 saturated carbocycles. The highest BCUT2D eigenvalue weighted by Crippen LogP contribution is 2.38. The van der Waals surface area contributed by atoms with Crippen LogP contribution in [0.5, 0.6) is 0 Å². The van der Waals surface area contributed by atoms with Crippen molar-refractivity contribution in [1.29, 1.82) is 0 Å². The number of piperidine rings is 1. The van der Waals surface area contributed by atoms with Gasteiger partial charge >= 0.3 is 5.97 Å². The maximum Gasteiger partial charge on any atom is 0.329 e. The van der Waals surface area contributed by atoms with Gasteiger partial charge in [-0.05, 0) is 114 Å². The summed E-state index contributed by atoms with van der Waals surface area (Å²) < 4.78 is 23.9. The van der Waals surface area contributed by atoms with E-state index >= 15 is 0 Å². The number of carbonyl (C=O) groups excluding carboxylic acids is 5. The van der Waals surface area contributed by atoms with Crippen LogP contribution in [0.1, 0.15) is 132 Å². The molecular weight excluding hydrogens is 871 g/mol. The Morgan fingerprint density at radius 3 is 2.41 bits per heavy atom. The number of nitrogens with zero attached hydrogens (tertiary/aromatic N) is 3. The van der Waals surface area contributed by atoms with Gasteiger partial charge < -0.3 is 39.5 Å². The van der Waals surface area contributed by atoms with Gasteiger partial charge in [0.1, 0.15) is 36.5 Å². The number of nitrogens with two attached hydrogens (primary N) is 1. The highest BCUT2D eigenvalue weighted by Gasteiger charge is 2.53. The summed E-state index contributed by atoms with van der Waals surface area (Å²) in [5.74, 6) is -1.35. The Morgan fingerprint density at radius 2 is 1.72 bits per heavy atom. The zero-order chi connectivity index (χ0) is 50.3. The maximum atomic E-state index is 14.5. The Labute approximate surface area is 405 Å². The number of allylic oxidation sites excluding steroid dienone is 7. The molecule has 0 radical (unpaired) electrons. The fourth-order valence-electron chi connectivity index (χ4n) is 10.4. The first-order valence-electron chi connectivity index (χ1n) is 24.9. The van der Waals surface area contributed by atoms with E-state index < -0.39 is 71.7 Å². The van der Waals surface area contributed by atoms with Crippen LogP contribution < -0.4 is 11.3 Å². The molecule has 1 amide bonds. The predicted octanol–water partition coefficient (Wildman–Crippen LogP) is 5.90. The van der Waals surface area contributed by atoms with Crippen molar-refractivity contribution in [3.63, 3.8) is 0 Å². The number of hydrazone groups is 1. The van der Waals surface area contributed by atoms with Crippen molar-refractivity contribution in [3.05, 3.63) is 47.6 Å². The van der Waals surface area contributed by atoms with E-state index in [1.165, 1.54) is 18.3 Å². The average Bonchev–Trinajstić information content (AvgIpc) is 3.32. The summed E-state index contributed by atoms with van der Waals surface area (Å²) in [5, 5.41) is 28.9. The molecule has 1 unspecified atom stereocenters. The lowest BCUT2D eigenvalue weighted by molar-refractivity contribution is -0.263. The van der Waals surface area contributed by atoms with Gasteiger partial charge in [-0.1, -0.05) is 76.6 Å². The number of hydrogen-bond acceptors (Lipinski definition) is 14. The van der Waals surface area contributed by atoms with E-state index in [-0.39, 0.29) is 60.9 Å². The van der Waals surface area contributed by atoms with E-state index in [1.807, 2.05) is 58.1 Å². The number of esters is 1. The molecule has 68 heavy (non-hydrogen) atoms. The van der Waals surface area contributed by atoms with Crippen molar-refractivity contribution >= 4 is 35.6 Å². The van der Waals surface area contributed by atoms with E-state index in [0.29, 0.717) is 69.8 Å². The number of amides is 1. The molecule has 16 nitrogen and oxygen atoms in total. The molecule has 3 heterocycles. The zero-order valence-electron chi connectivity index (χ0n) is 42.4. The number of carbonyl (C=O) groups is 5. The van der Waals surface area contributed by atoms with Crippen LogP contribution in [0.4, 0.5) is 0 Å². The van der Waals surface area contributed by atoms with Gasteiger partial charge in [-0.2, -0.15) is 5.10 Å². The number of ether oxygens (including phenoxy) is 4. The molecule has 0 aromatic rings. The van der Waals surface area contributed by atoms with Gasteiger partial charge in [0.25, 0.3) is 11.7 Å². The predicted molar refractivity (Wildman–Crippen MR) is 260 cm³/mol. The first-order chi connectivity index (χ1) is 32.2. The molecule has 3 fully saturated rings. The van der Waals surface area contributed by atoms with Crippen LogP contribution in [0, 0.1) is 35.5 Å². The van der Waals surface area contributed by atoms with Gasteiger partial charge in [-0.15, -0.1) is 0 Å². The molecule has 0 aromatic carbocycles. The summed E-state index contributed by atoms with van der Waals surface area (Å²) in [6, 6.07) is -1.24. The summed E-state index contributed by atoms with van der Waals surface area (Å²) >= 11 is 0. The van der Waals surface area contributed by atoms with Crippen molar-refractivity contribution in [1.82, 2.24) is 15.3 Å². The van der Waals surface area contributed by atoms with Crippen LogP contribution in [-0.2, 0) is 42.9 Å². The number of fused-ring (bicyclic) bond motifs is 3. The molecular formula is C52H83N5O11. The minimum Gasteiger partial charge on any atom is -0.460 e. The number of hydrazine groups is 1. The molecule has 382 valence electrons. The third-order valence-corrected chi connectivity index (χ3v) is 14.8. The van der Waals surface area contributed by atoms with Gasteiger partial charge in [0.15, 0.2) is 5.78 Å². The first kappa shape index (κ1) is 56.5. The minimum atomic E-state index is -2.36. The Hall–Kier alpha value is -4.06. The van der Waals surface area contributed by atoms with Crippen molar-refractivity contribution in [2.24, 2.45) is 46.5 Å². The topological polar surface area (TPSA) is 220 Å². The normalized spacial score (nSPS) is 38.1. The van der Waals surface area contributed by atoms with Crippen molar-refractivity contribution in [3.8, 4) is 0 Å². The van der Waals surface area contributed by atoms with E-state index in [9.17, 15) is 34.2 Å². The lowest BCUT2D eigenvalue weighted by Crippen LogP contribution is -2.60. The third kappa shape index (κ3) is 15.2.